The predicted octanol–water partition coefficient (Wildman–Crippen LogP) is 18.3. The number of anilines is 6. The van der Waals surface area contributed by atoms with Gasteiger partial charge in [0.1, 0.15) is 0 Å². The highest BCUT2D eigenvalue weighted by atomic mass is 15.1. The van der Waals surface area contributed by atoms with Crippen LogP contribution in [-0.2, 0) is 0 Å². The van der Waals surface area contributed by atoms with Crippen molar-refractivity contribution in [3.05, 3.63) is 284 Å². The molecule has 2 aromatic heterocycles. The van der Waals surface area contributed by atoms with Crippen LogP contribution in [0.5, 0.6) is 0 Å². The Kier molecular flexibility index (Phi) is 11.6. The molecule has 73 heavy (non-hydrogen) atoms. The van der Waals surface area contributed by atoms with E-state index >= 15 is 0 Å². The summed E-state index contributed by atoms with van der Waals surface area (Å²) in [5, 5.41) is 2.28. The van der Waals surface area contributed by atoms with Gasteiger partial charge in [-0.15, -0.1) is 0 Å². The maximum absolute atomic E-state index is 7.60. The molecule has 12 aromatic rings. The first-order valence-corrected chi connectivity index (χ1v) is 24.0. The molecule has 0 saturated heterocycles. The summed E-state index contributed by atoms with van der Waals surface area (Å²) in [5.74, 6) is 0.512. The fourth-order valence-electron chi connectivity index (χ4n) is 9.72. The molecule has 0 spiro atoms. The number of hydrogen-bond donors (Lipinski definition) is 0. The number of hydrogen-bond acceptors (Lipinski definition) is 4. The predicted molar refractivity (Wildman–Crippen MR) is 300 cm³/mol. The Morgan fingerprint density at radius 2 is 0.712 bits per heavy atom. The molecule has 2 heterocycles. The van der Waals surface area contributed by atoms with Crippen LogP contribution in [0.1, 0.15) is 0 Å². The molecule has 0 aliphatic carbocycles. The van der Waals surface area contributed by atoms with E-state index in [4.69, 9.17) is 23.1 Å². The van der Waals surface area contributed by atoms with Crippen molar-refractivity contribution in [2.45, 2.75) is 0 Å². The van der Waals surface area contributed by atoms with Gasteiger partial charge in [-0.2, -0.15) is 0 Å². The van der Waals surface area contributed by atoms with Crippen LogP contribution in [0.15, 0.2) is 261 Å². The maximum atomic E-state index is 7.60. The molecule has 0 N–H and O–H groups in total. The minimum Gasteiger partial charge on any atom is -0.310 e. The lowest BCUT2D eigenvalue weighted by atomic mass is 10.0. The third-order valence-corrected chi connectivity index (χ3v) is 13.2. The highest BCUT2D eigenvalue weighted by molar-refractivity contribution is 6.12. The average molecular weight is 934 g/mol. The van der Waals surface area contributed by atoms with Crippen molar-refractivity contribution in [3.63, 3.8) is 0 Å². The molecule has 12 rings (SSSR count). The Balaban J connectivity index is 0.948. The summed E-state index contributed by atoms with van der Waals surface area (Å²) in [5.41, 5.74) is 16.9. The molecule has 0 atom stereocenters. The van der Waals surface area contributed by atoms with Crippen LogP contribution in [-0.4, -0.2) is 14.5 Å². The number of nitrogens with zero attached hydrogens (tertiary/aromatic N) is 7. The summed E-state index contributed by atoms with van der Waals surface area (Å²) in [4.78, 5) is 21.9. The number of benzene rings is 10. The van der Waals surface area contributed by atoms with Gasteiger partial charge in [0.2, 0.25) is 0 Å². The van der Waals surface area contributed by atoms with Crippen molar-refractivity contribution >= 4 is 67.3 Å². The van der Waals surface area contributed by atoms with Crippen molar-refractivity contribution in [2.24, 2.45) is 0 Å². The van der Waals surface area contributed by atoms with Gasteiger partial charge < -0.3 is 14.4 Å². The van der Waals surface area contributed by atoms with Crippen LogP contribution < -0.4 is 9.80 Å². The number of fused-ring (bicyclic) bond motifs is 3. The molecule has 0 aliphatic rings. The quantitative estimate of drug-likeness (QED) is 0.121. The van der Waals surface area contributed by atoms with E-state index in [2.05, 4.69) is 230 Å². The highest BCUT2D eigenvalue weighted by Crippen LogP contribution is 2.43. The Morgan fingerprint density at radius 1 is 0.315 bits per heavy atom. The molecular weight excluding hydrogens is 891 g/mol. The summed E-state index contributed by atoms with van der Waals surface area (Å²) in [6, 6.07) is 89.9. The average Bonchev–Trinajstić information content (AvgIpc) is 3.79. The zero-order valence-corrected chi connectivity index (χ0v) is 39.5. The van der Waals surface area contributed by atoms with Crippen molar-refractivity contribution in [1.82, 2.24) is 14.5 Å². The normalized spacial score (nSPS) is 11.0. The van der Waals surface area contributed by atoms with Gasteiger partial charge in [-0.25, -0.2) is 19.7 Å². The van der Waals surface area contributed by atoms with Crippen molar-refractivity contribution in [3.8, 4) is 50.7 Å². The van der Waals surface area contributed by atoms with Gasteiger partial charge >= 0.3 is 0 Å². The van der Waals surface area contributed by atoms with Gasteiger partial charge in [0, 0.05) is 61.7 Å². The zero-order valence-electron chi connectivity index (χ0n) is 39.5. The second-order valence-corrected chi connectivity index (χ2v) is 17.7. The Bertz CT molecular complexity index is 3730. The minimum absolute atomic E-state index is 0.512. The van der Waals surface area contributed by atoms with Crippen LogP contribution in [0.4, 0.5) is 45.5 Å². The van der Waals surface area contributed by atoms with E-state index in [1.807, 2.05) is 42.5 Å². The third-order valence-electron chi connectivity index (χ3n) is 13.2. The van der Waals surface area contributed by atoms with Crippen molar-refractivity contribution in [1.29, 1.82) is 0 Å². The first kappa shape index (κ1) is 43.9. The molecule has 0 amide bonds. The summed E-state index contributed by atoms with van der Waals surface area (Å²) in [7, 11) is 0. The smallest absolute Gasteiger partial charge is 0.187 e. The molecule has 0 aliphatic heterocycles. The van der Waals surface area contributed by atoms with E-state index in [0.29, 0.717) is 22.9 Å². The van der Waals surface area contributed by atoms with Crippen LogP contribution in [0.3, 0.4) is 0 Å². The molecule has 0 fully saturated rings. The van der Waals surface area contributed by atoms with Gasteiger partial charge in [-0.05, 0) is 132 Å². The van der Waals surface area contributed by atoms with E-state index in [0.717, 1.165) is 95.1 Å². The molecule has 0 radical (unpaired) electrons. The van der Waals surface area contributed by atoms with Crippen molar-refractivity contribution in [2.75, 3.05) is 9.80 Å². The summed E-state index contributed by atoms with van der Waals surface area (Å²) >= 11 is 0. The monoisotopic (exact) mass is 933 g/mol. The van der Waals surface area contributed by atoms with Gasteiger partial charge in [-0.3, -0.25) is 0 Å². The second-order valence-electron chi connectivity index (χ2n) is 17.7. The largest absolute Gasteiger partial charge is 0.310 e. The standard InChI is InChI=1S/C66H43N7/c1-67-51-19-15-17-49(41-51)63-45-62(69-66(70-63)50-18-16-20-52(42-50)68-2)48-31-29-46(30-32-48)47-33-35-57(36-34-47)73-64-39-37-58(71(53-21-7-3-8-22-53)54-23-9-4-10-24-54)43-60(64)61-44-59(38-40-65(61)73)72(55-25-11-5-12-26-55)56-27-13-6-14-28-56/h3-45H. The van der Waals surface area contributed by atoms with Crippen molar-refractivity contribution < 1.29 is 0 Å². The lowest BCUT2D eigenvalue weighted by Gasteiger charge is -2.26. The van der Waals surface area contributed by atoms with E-state index < -0.39 is 0 Å². The number of para-hydroxylation sites is 4. The second kappa shape index (κ2) is 19.2. The van der Waals surface area contributed by atoms with Crippen LogP contribution >= 0.6 is 0 Å². The fourth-order valence-corrected chi connectivity index (χ4v) is 9.72. The molecular formula is C66H43N7. The van der Waals surface area contributed by atoms with Gasteiger partial charge in [0.15, 0.2) is 17.2 Å². The minimum atomic E-state index is 0.512. The summed E-state index contributed by atoms with van der Waals surface area (Å²) in [6.45, 7) is 15.2. The van der Waals surface area contributed by atoms with Gasteiger partial charge in [-0.1, -0.05) is 146 Å². The molecule has 10 aromatic carbocycles. The number of rotatable bonds is 11. The van der Waals surface area contributed by atoms with Crippen LogP contribution in [0, 0.1) is 13.1 Å². The Morgan fingerprint density at radius 3 is 1.16 bits per heavy atom. The topological polar surface area (TPSA) is 45.9 Å². The molecule has 7 heteroatoms. The molecule has 342 valence electrons. The molecule has 0 saturated carbocycles. The Labute approximate surface area is 424 Å². The molecule has 0 bridgehead atoms. The third kappa shape index (κ3) is 8.61. The SMILES string of the molecule is [C-]#[N+]c1cccc(-c2cc(-c3ccc(-c4ccc(-n5c6ccc(N(c7ccccc7)c7ccccc7)cc6c6cc(N(c7ccccc7)c7ccccc7)ccc65)cc4)cc3)nc(-c3cccc([N+]#[C-])c3)n2)c1. The lowest BCUT2D eigenvalue weighted by molar-refractivity contribution is 1.18. The van der Waals surface area contributed by atoms with E-state index in [1.54, 1.807) is 12.1 Å². The fraction of sp³-hybridized carbons (Fsp3) is 0. The zero-order chi connectivity index (χ0) is 49.1. The number of aromatic nitrogens is 3. The van der Waals surface area contributed by atoms with Gasteiger partial charge in [0.05, 0.1) is 35.6 Å². The molecule has 7 nitrogen and oxygen atoms in total. The summed E-state index contributed by atoms with van der Waals surface area (Å²) in [6.07, 6.45) is 0. The van der Waals surface area contributed by atoms with E-state index in [1.165, 1.54) is 0 Å². The van der Waals surface area contributed by atoms with Gasteiger partial charge in [0.25, 0.3) is 0 Å². The van der Waals surface area contributed by atoms with Crippen LogP contribution in [0.2, 0.25) is 0 Å². The maximum Gasteiger partial charge on any atom is 0.187 e. The lowest BCUT2D eigenvalue weighted by Crippen LogP contribution is -2.09. The highest BCUT2D eigenvalue weighted by Gasteiger charge is 2.20. The Hall–Kier alpha value is -10.3. The van der Waals surface area contributed by atoms with E-state index in [-0.39, 0.29) is 0 Å². The molecule has 0 unspecified atom stereocenters. The van der Waals surface area contributed by atoms with Crippen LogP contribution in [0.25, 0.3) is 82.2 Å². The van der Waals surface area contributed by atoms with E-state index in [9.17, 15) is 0 Å². The first-order chi connectivity index (χ1) is 36.1. The summed E-state index contributed by atoms with van der Waals surface area (Å²) < 4.78 is 2.38. The first-order valence-electron chi connectivity index (χ1n) is 24.0.